The SMILES string of the molecule is COc1ccc(OC)c(S(=O)(=O)NC[C@@H](c2ccco2)N2CCc3ccccc32)c1. The fraction of sp³-hybridized carbons (Fsp3) is 0.273. The van der Waals surface area contributed by atoms with Crippen molar-refractivity contribution in [2.24, 2.45) is 0 Å². The smallest absolute Gasteiger partial charge is 0.244 e. The second-order valence-corrected chi connectivity index (χ2v) is 8.71. The average Bonchev–Trinajstić information content (AvgIpc) is 3.44. The van der Waals surface area contributed by atoms with Crippen molar-refractivity contribution >= 4 is 15.7 Å². The molecule has 1 atom stereocenters. The monoisotopic (exact) mass is 428 g/mol. The van der Waals surface area contributed by atoms with Gasteiger partial charge in [-0.05, 0) is 42.3 Å². The summed E-state index contributed by atoms with van der Waals surface area (Å²) < 4.78 is 45.1. The number of para-hydroxylation sites is 1. The minimum atomic E-state index is -3.85. The number of hydrogen-bond acceptors (Lipinski definition) is 6. The summed E-state index contributed by atoms with van der Waals surface area (Å²) >= 11 is 0. The van der Waals surface area contributed by atoms with Gasteiger partial charge >= 0.3 is 0 Å². The van der Waals surface area contributed by atoms with E-state index < -0.39 is 10.0 Å². The predicted molar refractivity (Wildman–Crippen MR) is 114 cm³/mol. The number of methoxy groups -OCH3 is 2. The Bertz CT molecular complexity index is 1110. The summed E-state index contributed by atoms with van der Waals surface area (Å²) in [5.41, 5.74) is 2.34. The molecule has 1 aliphatic rings. The molecular weight excluding hydrogens is 404 g/mol. The summed E-state index contributed by atoms with van der Waals surface area (Å²) in [6.45, 7) is 0.930. The third-order valence-corrected chi connectivity index (χ3v) is 6.74. The molecule has 0 radical (unpaired) electrons. The van der Waals surface area contributed by atoms with E-state index in [1.165, 1.54) is 25.8 Å². The predicted octanol–water partition coefficient (Wildman–Crippen LogP) is 3.38. The number of fused-ring (bicyclic) bond motifs is 1. The van der Waals surface area contributed by atoms with Gasteiger partial charge in [-0.25, -0.2) is 13.1 Å². The molecule has 1 aliphatic heterocycles. The van der Waals surface area contributed by atoms with Gasteiger partial charge in [0.05, 0.1) is 20.5 Å². The van der Waals surface area contributed by atoms with Gasteiger partial charge in [0, 0.05) is 24.8 Å². The van der Waals surface area contributed by atoms with Crippen LogP contribution >= 0.6 is 0 Å². The number of benzene rings is 2. The third kappa shape index (κ3) is 3.88. The molecule has 0 fully saturated rings. The number of ether oxygens (including phenoxy) is 2. The second kappa shape index (κ2) is 8.41. The van der Waals surface area contributed by atoms with E-state index in [0.29, 0.717) is 11.5 Å². The maximum Gasteiger partial charge on any atom is 0.244 e. The Labute approximate surface area is 176 Å². The lowest BCUT2D eigenvalue weighted by atomic mass is 10.1. The molecule has 30 heavy (non-hydrogen) atoms. The number of nitrogens with zero attached hydrogens (tertiary/aromatic N) is 1. The van der Waals surface area contributed by atoms with Crippen molar-refractivity contribution in [2.45, 2.75) is 17.4 Å². The van der Waals surface area contributed by atoms with Gasteiger partial charge in [-0.1, -0.05) is 18.2 Å². The lowest BCUT2D eigenvalue weighted by Gasteiger charge is -2.29. The summed E-state index contributed by atoms with van der Waals surface area (Å²) in [7, 11) is -0.924. The minimum absolute atomic E-state index is 0.0318. The first-order valence-corrected chi connectivity index (χ1v) is 11.1. The molecule has 7 nitrogen and oxygen atoms in total. The fourth-order valence-corrected chi connectivity index (χ4v) is 5.01. The van der Waals surface area contributed by atoms with Crippen molar-refractivity contribution in [2.75, 3.05) is 32.2 Å². The van der Waals surface area contributed by atoms with E-state index in [4.69, 9.17) is 13.9 Å². The van der Waals surface area contributed by atoms with Crippen LogP contribution in [0.1, 0.15) is 17.4 Å². The van der Waals surface area contributed by atoms with Gasteiger partial charge in [-0.15, -0.1) is 0 Å². The minimum Gasteiger partial charge on any atom is -0.497 e. The van der Waals surface area contributed by atoms with Gasteiger partial charge in [-0.3, -0.25) is 0 Å². The first kappa shape index (κ1) is 20.3. The molecule has 3 aromatic rings. The first-order chi connectivity index (χ1) is 14.5. The highest BCUT2D eigenvalue weighted by atomic mass is 32.2. The van der Waals surface area contributed by atoms with Crippen LogP contribution in [0.15, 0.2) is 70.2 Å². The third-order valence-electron chi connectivity index (χ3n) is 5.30. The van der Waals surface area contributed by atoms with Gasteiger partial charge in [0.2, 0.25) is 10.0 Å². The summed E-state index contributed by atoms with van der Waals surface area (Å²) in [6, 6.07) is 16.2. The highest BCUT2D eigenvalue weighted by molar-refractivity contribution is 7.89. The highest BCUT2D eigenvalue weighted by Crippen LogP contribution is 2.35. The molecule has 0 unspecified atom stereocenters. The molecule has 158 valence electrons. The Kier molecular flexibility index (Phi) is 5.69. The van der Waals surface area contributed by atoms with E-state index in [0.717, 1.165) is 18.7 Å². The van der Waals surface area contributed by atoms with Crippen LogP contribution in [0.3, 0.4) is 0 Å². The lowest BCUT2D eigenvalue weighted by molar-refractivity contribution is 0.391. The van der Waals surface area contributed by atoms with Crippen molar-refractivity contribution in [3.8, 4) is 11.5 Å². The van der Waals surface area contributed by atoms with E-state index in [2.05, 4.69) is 21.8 Å². The van der Waals surface area contributed by atoms with Crippen molar-refractivity contribution in [1.82, 2.24) is 4.72 Å². The summed E-state index contributed by atoms with van der Waals surface area (Å²) in [4.78, 5) is 2.21. The summed E-state index contributed by atoms with van der Waals surface area (Å²) in [6.07, 6.45) is 2.51. The summed E-state index contributed by atoms with van der Waals surface area (Å²) in [5.74, 6) is 1.39. The molecule has 0 amide bonds. The second-order valence-electron chi connectivity index (χ2n) is 6.97. The van der Waals surface area contributed by atoms with Crippen molar-refractivity contribution in [1.29, 1.82) is 0 Å². The molecule has 0 saturated carbocycles. The zero-order valence-electron chi connectivity index (χ0n) is 16.9. The van der Waals surface area contributed by atoms with E-state index in [9.17, 15) is 8.42 Å². The molecule has 0 bridgehead atoms. The Balaban J connectivity index is 1.63. The van der Waals surface area contributed by atoms with Crippen LogP contribution in [0.2, 0.25) is 0 Å². The number of furan rings is 1. The Morgan fingerprint density at radius 3 is 2.67 bits per heavy atom. The number of nitrogens with one attached hydrogen (secondary N) is 1. The Morgan fingerprint density at radius 1 is 1.10 bits per heavy atom. The number of anilines is 1. The van der Waals surface area contributed by atoms with Crippen LogP contribution in [-0.4, -0.2) is 35.7 Å². The number of sulfonamides is 1. The van der Waals surface area contributed by atoms with E-state index in [1.807, 2.05) is 24.3 Å². The van der Waals surface area contributed by atoms with Gasteiger partial charge in [0.25, 0.3) is 0 Å². The van der Waals surface area contributed by atoms with Gasteiger partial charge in [0.1, 0.15) is 28.2 Å². The Hall–Kier alpha value is -2.97. The van der Waals surface area contributed by atoms with Crippen molar-refractivity contribution in [3.05, 3.63) is 72.2 Å². The van der Waals surface area contributed by atoms with E-state index in [-0.39, 0.29) is 23.2 Å². The number of rotatable bonds is 8. The zero-order valence-corrected chi connectivity index (χ0v) is 17.7. The molecular formula is C22H24N2O5S. The quantitative estimate of drug-likeness (QED) is 0.592. The molecule has 1 aromatic heterocycles. The van der Waals surface area contributed by atoms with Crippen LogP contribution < -0.4 is 19.1 Å². The maximum absolute atomic E-state index is 13.1. The maximum atomic E-state index is 13.1. The van der Waals surface area contributed by atoms with Crippen LogP contribution in [0.25, 0.3) is 0 Å². The van der Waals surface area contributed by atoms with Gasteiger partial charge < -0.3 is 18.8 Å². The van der Waals surface area contributed by atoms with Crippen LogP contribution in [-0.2, 0) is 16.4 Å². The largest absolute Gasteiger partial charge is 0.497 e. The zero-order chi connectivity index (χ0) is 21.1. The van der Waals surface area contributed by atoms with Gasteiger partial charge in [-0.2, -0.15) is 0 Å². The number of hydrogen-bond donors (Lipinski definition) is 1. The normalized spacial score (nSPS) is 14.4. The molecule has 0 saturated heterocycles. The highest BCUT2D eigenvalue weighted by Gasteiger charge is 2.31. The average molecular weight is 429 g/mol. The molecule has 0 spiro atoms. The topological polar surface area (TPSA) is 81.0 Å². The standard InChI is InChI=1S/C22H24N2O5S/c1-27-17-9-10-21(28-2)22(14-17)30(25,26)23-15-19(20-8-5-13-29-20)24-12-11-16-6-3-4-7-18(16)24/h3-10,13-14,19,23H,11-12,15H2,1-2H3/t19-/m0/s1. The van der Waals surface area contributed by atoms with Gasteiger partial charge in [0.15, 0.2) is 0 Å². The summed E-state index contributed by atoms with van der Waals surface area (Å²) in [5, 5.41) is 0. The van der Waals surface area contributed by atoms with Crippen LogP contribution in [0.5, 0.6) is 11.5 Å². The molecule has 0 aliphatic carbocycles. The fourth-order valence-electron chi connectivity index (χ4n) is 3.79. The van der Waals surface area contributed by atoms with Crippen LogP contribution in [0, 0.1) is 0 Å². The molecule has 8 heteroatoms. The Morgan fingerprint density at radius 2 is 1.93 bits per heavy atom. The molecule has 4 rings (SSSR count). The lowest BCUT2D eigenvalue weighted by Crippen LogP contribution is -2.37. The van der Waals surface area contributed by atoms with E-state index in [1.54, 1.807) is 18.4 Å². The first-order valence-electron chi connectivity index (χ1n) is 9.63. The van der Waals surface area contributed by atoms with Crippen LogP contribution in [0.4, 0.5) is 5.69 Å². The van der Waals surface area contributed by atoms with Crippen molar-refractivity contribution < 1.29 is 22.3 Å². The molecule has 1 N–H and O–H groups in total. The molecule has 2 heterocycles. The van der Waals surface area contributed by atoms with E-state index >= 15 is 0 Å². The molecule has 2 aromatic carbocycles. The van der Waals surface area contributed by atoms with Crippen molar-refractivity contribution in [3.63, 3.8) is 0 Å².